The average Bonchev–Trinajstić information content (AvgIpc) is 2.75. The SMILES string of the molecule is COc1ccc(C=CC(C[CH]c2ccncc2)C2CCCCC2)cc1OC. The number of hydrogen-bond acceptors (Lipinski definition) is 3. The molecule has 1 aliphatic rings. The highest BCUT2D eigenvalue weighted by Gasteiger charge is 2.21. The van der Waals surface area contributed by atoms with Crippen LogP contribution in [0.1, 0.15) is 49.7 Å². The zero-order valence-electron chi connectivity index (χ0n) is 16.4. The molecule has 1 heterocycles. The zero-order valence-corrected chi connectivity index (χ0v) is 16.4. The fourth-order valence-electron chi connectivity index (χ4n) is 3.95. The van der Waals surface area contributed by atoms with Crippen molar-refractivity contribution in [1.82, 2.24) is 4.98 Å². The van der Waals surface area contributed by atoms with Gasteiger partial charge in [0, 0.05) is 12.4 Å². The van der Waals surface area contributed by atoms with Crippen molar-refractivity contribution in [3.05, 3.63) is 66.3 Å². The molecule has 1 aliphatic carbocycles. The molecule has 3 heteroatoms. The van der Waals surface area contributed by atoms with Gasteiger partial charge in [0.05, 0.1) is 14.2 Å². The van der Waals surface area contributed by atoms with Crippen molar-refractivity contribution in [2.75, 3.05) is 14.2 Å². The molecule has 1 radical (unpaired) electrons. The first kappa shape index (κ1) is 19.5. The van der Waals surface area contributed by atoms with Gasteiger partial charge in [-0.2, -0.15) is 0 Å². The van der Waals surface area contributed by atoms with Crippen molar-refractivity contribution in [3.8, 4) is 11.5 Å². The van der Waals surface area contributed by atoms with Crippen molar-refractivity contribution in [2.24, 2.45) is 11.8 Å². The van der Waals surface area contributed by atoms with Crippen molar-refractivity contribution < 1.29 is 9.47 Å². The minimum Gasteiger partial charge on any atom is -0.493 e. The molecule has 0 N–H and O–H groups in total. The Morgan fingerprint density at radius 1 is 0.963 bits per heavy atom. The number of hydrogen-bond donors (Lipinski definition) is 0. The van der Waals surface area contributed by atoms with E-state index in [1.54, 1.807) is 14.2 Å². The van der Waals surface area contributed by atoms with Gasteiger partial charge in [-0.15, -0.1) is 0 Å². The number of rotatable bonds is 8. The zero-order chi connectivity index (χ0) is 18.9. The standard InChI is InChI=1S/C24H30NO2/c1-26-23-13-10-20(18-24(23)27-2)9-12-22(21-6-4-3-5-7-21)11-8-19-14-16-25-17-15-19/h8-10,12-18,21-22H,3-7,11H2,1-2H3. The highest BCUT2D eigenvalue weighted by atomic mass is 16.5. The van der Waals surface area contributed by atoms with Crippen molar-refractivity contribution >= 4 is 6.08 Å². The van der Waals surface area contributed by atoms with Crippen LogP contribution in [0.5, 0.6) is 11.5 Å². The molecule has 0 spiro atoms. The first-order chi connectivity index (χ1) is 13.3. The summed E-state index contributed by atoms with van der Waals surface area (Å²) in [6, 6.07) is 10.3. The van der Waals surface area contributed by atoms with E-state index in [1.165, 1.54) is 37.7 Å². The van der Waals surface area contributed by atoms with Crippen LogP contribution in [-0.4, -0.2) is 19.2 Å². The molecule has 3 nitrogen and oxygen atoms in total. The number of nitrogens with zero attached hydrogens (tertiary/aromatic N) is 1. The summed E-state index contributed by atoms with van der Waals surface area (Å²) >= 11 is 0. The molecule has 1 aromatic heterocycles. The van der Waals surface area contributed by atoms with Gasteiger partial charge < -0.3 is 9.47 Å². The number of methoxy groups -OCH3 is 2. The predicted molar refractivity (Wildman–Crippen MR) is 111 cm³/mol. The molecule has 1 saturated carbocycles. The molecule has 1 fully saturated rings. The predicted octanol–water partition coefficient (Wildman–Crippen LogP) is 5.95. The van der Waals surface area contributed by atoms with Gasteiger partial charge >= 0.3 is 0 Å². The van der Waals surface area contributed by atoms with E-state index in [1.807, 2.05) is 24.5 Å². The molecule has 0 bridgehead atoms. The number of ether oxygens (including phenoxy) is 2. The van der Waals surface area contributed by atoms with Gasteiger partial charge in [0.2, 0.25) is 0 Å². The molecule has 1 aromatic carbocycles. The summed E-state index contributed by atoms with van der Waals surface area (Å²) in [5, 5.41) is 0. The van der Waals surface area contributed by atoms with Crippen molar-refractivity contribution in [2.45, 2.75) is 38.5 Å². The van der Waals surface area contributed by atoms with Crippen LogP contribution >= 0.6 is 0 Å². The van der Waals surface area contributed by atoms with Crippen LogP contribution in [0.2, 0.25) is 0 Å². The molecule has 0 aliphatic heterocycles. The van der Waals surface area contributed by atoms with Gasteiger partial charge in [-0.05, 0) is 72.9 Å². The first-order valence-electron chi connectivity index (χ1n) is 9.93. The lowest BCUT2D eigenvalue weighted by atomic mass is 9.77. The maximum atomic E-state index is 5.43. The minimum atomic E-state index is 0.562. The summed E-state index contributed by atoms with van der Waals surface area (Å²) in [7, 11) is 3.35. The van der Waals surface area contributed by atoms with E-state index in [0.29, 0.717) is 5.92 Å². The summed E-state index contributed by atoms with van der Waals surface area (Å²) in [5.74, 6) is 2.88. The van der Waals surface area contributed by atoms with Gasteiger partial charge in [-0.1, -0.05) is 37.5 Å². The maximum Gasteiger partial charge on any atom is 0.161 e. The number of benzene rings is 1. The Morgan fingerprint density at radius 2 is 1.70 bits per heavy atom. The molecular weight excluding hydrogens is 334 g/mol. The molecule has 0 amide bonds. The van der Waals surface area contributed by atoms with Crippen LogP contribution in [0.25, 0.3) is 6.08 Å². The number of aromatic nitrogens is 1. The Labute approximate surface area is 163 Å². The monoisotopic (exact) mass is 364 g/mol. The Kier molecular flexibility index (Phi) is 7.32. The van der Waals surface area contributed by atoms with E-state index >= 15 is 0 Å². The quantitative estimate of drug-likeness (QED) is 0.580. The molecule has 1 atom stereocenters. The molecule has 0 saturated heterocycles. The second-order valence-corrected chi connectivity index (χ2v) is 7.26. The lowest BCUT2D eigenvalue weighted by Crippen LogP contribution is -2.16. The Morgan fingerprint density at radius 3 is 2.41 bits per heavy atom. The molecule has 2 aromatic rings. The van der Waals surface area contributed by atoms with Gasteiger partial charge in [-0.3, -0.25) is 4.98 Å². The van der Waals surface area contributed by atoms with Crippen LogP contribution in [0.4, 0.5) is 0 Å². The topological polar surface area (TPSA) is 31.4 Å². The molecule has 27 heavy (non-hydrogen) atoms. The van der Waals surface area contributed by atoms with E-state index in [2.05, 4.69) is 41.8 Å². The summed E-state index contributed by atoms with van der Waals surface area (Å²) in [6.07, 6.45) is 18.6. The van der Waals surface area contributed by atoms with Gasteiger partial charge in [0.15, 0.2) is 11.5 Å². The first-order valence-corrected chi connectivity index (χ1v) is 9.93. The largest absolute Gasteiger partial charge is 0.493 e. The van der Waals surface area contributed by atoms with E-state index < -0.39 is 0 Å². The van der Waals surface area contributed by atoms with Crippen LogP contribution < -0.4 is 9.47 Å². The van der Waals surface area contributed by atoms with E-state index in [0.717, 1.165) is 29.4 Å². The third kappa shape index (κ3) is 5.59. The number of pyridine rings is 1. The Hall–Kier alpha value is -2.29. The lowest BCUT2D eigenvalue weighted by molar-refractivity contribution is 0.285. The van der Waals surface area contributed by atoms with Gasteiger partial charge in [-0.25, -0.2) is 0 Å². The minimum absolute atomic E-state index is 0.562. The van der Waals surface area contributed by atoms with Crippen LogP contribution in [0.15, 0.2) is 48.8 Å². The molecule has 1 unspecified atom stereocenters. The summed E-state index contributed by atoms with van der Waals surface area (Å²) in [4.78, 5) is 4.11. The van der Waals surface area contributed by atoms with Crippen LogP contribution in [-0.2, 0) is 0 Å². The highest BCUT2D eigenvalue weighted by molar-refractivity contribution is 5.56. The number of allylic oxidation sites excluding steroid dienone is 1. The molecular formula is C24H30NO2. The lowest BCUT2D eigenvalue weighted by Gasteiger charge is -2.28. The maximum absolute atomic E-state index is 5.43. The fourth-order valence-corrected chi connectivity index (χ4v) is 3.95. The summed E-state index contributed by atoms with van der Waals surface area (Å²) < 4.78 is 10.8. The van der Waals surface area contributed by atoms with Crippen LogP contribution in [0.3, 0.4) is 0 Å². The Bertz CT molecular complexity index is 720. The Balaban J connectivity index is 1.72. The second-order valence-electron chi connectivity index (χ2n) is 7.26. The highest BCUT2D eigenvalue weighted by Crippen LogP contribution is 2.35. The third-order valence-corrected chi connectivity index (χ3v) is 5.53. The average molecular weight is 365 g/mol. The van der Waals surface area contributed by atoms with Crippen LogP contribution in [0, 0.1) is 18.3 Å². The van der Waals surface area contributed by atoms with Crippen molar-refractivity contribution in [1.29, 1.82) is 0 Å². The fraction of sp³-hybridized carbons (Fsp3) is 0.417. The van der Waals surface area contributed by atoms with Gasteiger partial charge in [0.1, 0.15) is 0 Å². The normalized spacial score (nSPS) is 16.4. The smallest absolute Gasteiger partial charge is 0.161 e. The van der Waals surface area contributed by atoms with E-state index in [-0.39, 0.29) is 0 Å². The van der Waals surface area contributed by atoms with E-state index in [4.69, 9.17) is 9.47 Å². The van der Waals surface area contributed by atoms with Gasteiger partial charge in [0.25, 0.3) is 0 Å². The molecule has 143 valence electrons. The third-order valence-electron chi connectivity index (χ3n) is 5.53. The van der Waals surface area contributed by atoms with Crippen molar-refractivity contribution in [3.63, 3.8) is 0 Å². The summed E-state index contributed by atoms with van der Waals surface area (Å²) in [6.45, 7) is 0. The molecule has 3 rings (SSSR count). The van der Waals surface area contributed by atoms with E-state index in [9.17, 15) is 0 Å². The summed E-state index contributed by atoms with van der Waals surface area (Å²) in [5.41, 5.74) is 2.41. The second kappa shape index (κ2) is 10.1.